The lowest BCUT2D eigenvalue weighted by molar-refractivity contribution is -0.0222. The summed E-state index contributed by atoms with van der Waals surface area (Å²) in [4.78, 5) is 0. The van der Waals surface area contributed by atoms with Gasteiger partial charge in [0.05, 0.1) is 106 Å². The first-order chi connectivity index (χ1) is 20.5. The summed E-state index contributed by atoms with van der Waals surface area (Å²) < 4.78 is 45.2. The minimum atomic E-state index is -2.53. The quantitative estimate of drug-likeness (QED) is 0.128. The van der Waals surface area contributed by atoms with E-state index in [-0.39, 0.29) is 11.6 Å². The molecule has 0 unspecified atom stereocenters. The van der Waals surface area contributed by atoms with Crippen LogP contribution in [0.15, 0.2) is 60.7 Å². The summed E-state index contributed by atoms with van der Waals surface area (Å²) >= 11 is 0. The molecule has 0 aliphatic heterocycles. The fourth-order valence-electron chi connectivity index (χ4n) is 4.50. The lowest BCUT2D eigenvalue weighted by Gasteiger charge is -2.43. The maximum absolute atomic E-state index is 8.60. The van der Waals surface area contributed by atoms with Crippen molar-refractivity contribution in [2.75, 3.05) is 106 Å². The van der Waals surface area contributed by atoms with Gasteiger partial charge in [-0.25, -0.2) is 0 Å². The maximum atomic E-state index is 8.60. The van der Waals surface area contributed by atoms with Crippen molar-refractivity contribution in [1.82, 2.24) is 0 Å². The van der Waals surface area contributed by atoms with Crippen LogP contribution in [-0.2, 0) is 37.6 Å². The molecule has 2 aromatic carbocycles. The van der Waals surface area contributed by atoms with Crippen LogP contribution < -0.4 is 10.4 Å². The Morgan fingerprint density at radius 2 is 0.738 bits per heavy atom. The summed E-state index contributed by atoms with van der Waals surface area (Å²) in [5.74, 6) is 0. The van der Waals surface area contributed by atoms with Crippen LogP contribution in [0.5, 0.6) is 0 Å². The molecule has 0 saturated heterocycles. The van der Waals surface area contributed by atoms with Gasteiger partial charge >= 0.3 is 0 Å². The van der Waals surface area contributed by atoms with E-state index >= 15 is 0 Å². The molecule has 0 amide bonds. The Kier molecular flexibility index (Phi) is 19.8. The molecule has 0 saturated carbocycles. The third kappa shape index (κ3) is 14.2. The molecule has 0 atom stereocenters. The van der Waals surface area contributed by atoms with Gasteiger partial charge in [0.15, 0.2) is 0 Å². The Morgan fingerprint density at radius 1 is 0.452 bits per heavy atom. The first kappa shape index (κ1) is 36.5. The number of aliphatic hydroxyl groups is 1. The van der Waals surface area contributed by atoms with Gasteiger partial charge in [0, 0.05) is 0 Å². The fraction of sp³-hybridized carbons (Fsp3) is 0.625. The largest absolute Gasteiger partial charge is 0.405 e. The highest BCUT2D eigenvalue weighted by Crippen LogP contribution is 2.36. The van der Waals surface area contributed by atoms with Crippen LogP contribution in [0, 0.1) is 0 Å². The Hall–Kier alpha value is -1.70. The lowest BCUT2D eigenvalue weighted by Crippen LogP contribution is -2.66. The molecule has 238 valence electrons. The highest BCUT2D eigenvalue weighted by Gasteiger charge is 2.49. The molecule has 9 nitrogen and oxygen atoms in total. The van der Waals surface area contributed by atoms with Gasteiger partial charge in [-0.1, -0.05) is 81.4 Å². The van der Waals surface area contributed by atoms with Crippen molar-refractivity contribution < 1.29 is 42.7 Å². The van der Waals surface area contributed by atoms with Crippen molar-refractivity contribution in [1.29, 1.82) is 0 Å². The molecule has 2 rings (SSSR count). The molecule has 0 spiro atoms. The summed E-state index contributed by atoms with van der Waals surface area (Å²) in [6.07, 6.45) is 0. The van der Waals surface area contributed by atoms with Crippen molar-refractivity contribution in [2.24, 2.45) is 0 Å². The van der Waals surface area contributed by atoms with E-state index in [1.54, 1.807) is 0 Å². The predicted molar refractivity (Wildman–Crippen MR) is 166 cm³/mol. The molecule has 0 heterocycles. The molecule has 0 radical (unpaired) electrons. The van der Waals surface area contributed by atoms with Gasteiger partial charge in [0.25, 0.3) is 8.32 Å². The Bertz CT molecular complexity index is 841. The van der Waals surface area contributed by atoms with E-state index in [0.717, 1.165) is 0 Å². The highest BCUT2D eigenvalue weighted by atomic mass is 28.4. The molecule has 42 heavy (non-hydrogen) atoms. The minimum Gasteiger partial charge on any atom is -0.405 e. The van der Waals surface area contributed by atoms with E-state index in [2.05, 4.69) is 81.4 Å². The van der Waals surface area contributed by atoms with Crippen LogP contribution in [-0.4, -0.2) is 119 Å². The summed E-state index contributed by atoms with van der Waals surface area (Å²) in [5, 5.41) is 11.1. The molecule has 1 N–H and O–H groups in total. The molecule has 0 fully saturated rings. The van der Waals surface area contributed by atoms with Crippen molar-refractivity contribution in [3.63, 3.8) is 0 Å². The first-order valence-electron chi connectivity index (χ1n) is 14.9. The van der Waals surface area contributed by atoms with E-state index in [9.17, 15) is 0 Å². The molecule has 10 heteroatoms. The second kappa shape index (κ2) is 22.8. The van der Waals surface area contributed by atoms with Crippen LogP contribution in [0.2, 0.25) is 5.04 Å². The van der Waals surface area contributed by atoms with Crippen LogP contribution >= 0.6 is 0 Å². The molecule has 2 aromatic rings. The first-order valence-corrected chi connectivity index (χ1v) is 16.8. The molecule has 0 aliphatic carbocycles. The predicted octanol–water partition coefficient (Wildman–Crippen LogP) is 2.67. The zero-order valence-electron chi connectivity index (χ0n) is 25.8. The summed E-state index contributed by atoms with van der Waals surface area (Å²) in [6, 6.07) is 21.3. The Labute approximate surface area is 253 Å². The summed E-state index contributed by atoms with van der Waals surface area (Å²) in [7, 11) is -2.53. The molecule has 0 aromatic heterocycles. The Balaban J connectivity index is 1.48. The van der Waals surface area contributed by atoms with Crippen molar-refractivity contribution in [2.45, 2.75) is 25.8 Å². The van der Waals surface area contributed by atoms with Crippen LogP contribution in [0.1, 0.15) is 20.8 Å². The number of hydrogen-bond acceptors (Lipinski definition) is 9. The monoisotopic (exact) mass is 608 g/mol. The summed E-state index contributed by atoms with van der Waals surface area (Å²) in [6.45, 7) is 14.3. The second-order valence-electron chi connectivity index (χ2n) is 10.5. The molecule has 0 bridgehead atoms. The van der Waals surface area contributed by atoms with Crippen LogP contribution in [0.3, 0.4) is 0 Å². The minimum absolute atomic E-state index is 0.0282. The summed E-state index contributed by atoms with van der Waals surface area (Å²) in [5.41, 5.74) is 0. The van der Waals surface area contributed by atoms with E-state index < -0.39 is 8.32 Å². The fourth-order valence-corrected chi connectivity index (χ4v) is 9.05. The zero-order valence-corrected chi connectivity index (χ0v) is 26.8. The average Bonchev–Trinajstić information content (AvgIpc) is 3.00. The van der Waals surface area contributed by atoms with E-state index in [1.165, 1.54) is 10.4 Å². The van der Waals surface area contributed by atoms with Gasteiger partial charge < -0.3 is 42.7 Å². The van der Waals surface area contributed by atoms with Crippen LogP contribution in [0.25, 0.3) is 0 Å². The standard InChI is InChI=1S/C32H52O9Si/c1-32(2,3)42(30-10-6-4-7-11-30,31-12-8-5-9-13-31)41-29-28-40-27-26-39-25-24-38-23-22-37-21-20-36-19-18-35-17-16-34-15-14-33/h4-13,33H,14-29H2,1-3H3. The van der Waals surface area contributed by atoms with Crippen molar-refractivity contribution >= 4 is 18.7 Å². The van der Waals surface area contributed by atoms with E-state index in [4.69, 9.17) is 42.7 Å². The zero-order chi connectivity index (χ0) is 30.2. The van der Waals surface area contributed by atoms with Gasteiger partial charge in [-0.3, -0.25) is 0 Å². The smallest absolute Gasteiger partial charge is 0.261 e. The topological polar surface area (TPSA) is 94.1 Å². The van der Waals surface area contributed by atoms with Crippen molar-refractivity contribution in [3.05, 3.63) is 60.7 Å². The van der Waals surface area contributed by atoms with Gasteiger partial charge in [-0.15, -0.1) is 0 Å². The molecular weight excluding hydrogens is 556 g/mol. The highest BCUT2D eigenvalue weighted by molar-refractivity contribution is 6.99. The maximum Gasteiger partial charge on any atom is 0.261 e. The number of rotatable bonds is 26. The number of ether oxygens (including phenoxy) is 7. The lowest BCUT2D eigenvalue weighted by atomic mass is 10.2. The third-order valence-electron chi connectivity index (χ3n) is 6.43. The number of hydrogen-bond donors (Lipinski definition) is 1. The number of benzene rings is 2. The molecule has 0 aliphatic rings. The molecular formula is C32H52O9Si. The van der Waals surface area contributed by atoms with Crippen molar-refractivity contribution in [3.8, 4) is 0 Å². The normalized spacial score (nSPS) is 12.2. The van der Waals surface area contributed by atoms with Crippen LogP contribution in [0.4, 0.5) is 0 Å². The Morgan fingerprint density at radius 3 is 1.02 bits per heavy atom. The van der Waals surface area contributed by atoms with Gasteiger partial charge in [-0.05, 0) is 15.4 Å². The van der Waals surface area contributed by atoms with Gasteiger partial charge in [-0.2, -0.15) is 0 Å². The van der Waals surface area contributed by atoms with E-state index in [0.29, 0.717) is 99.1 Å². The van der Waals surface area contributed by atoms with E-state index in [1.807, 2.05) is 0 Å². The SMILES string of the molecule is CC(C)(C)[Si](OCCOCCOCCOCCOCCOCCOCCOCCO)(c1ccccc1)c1ccccc1. The second-order valence-corrected chi connectivity index (χ2v) is 14.8. The third-order valence-corrected chi connectivity index (χ3v) is 11.5. The van der Waals surface area contributed by atoms with Gasteiger partial charge in [0.1, 0.15) is 0 Å². The van der Waals surface area contributed by atoms with Gasteiger partial charge in [0.2, 0.25) is 0 Å². The average molecular weight is 609 g/mol. The number of aliphatic hydroxyl groups excluding tert-OH is 1.